The SMILES string of the molecule is CC1OC(OC2C(O)C(OC3(CO)OC(CO)C(O)C3OC(=O)C=Cc3ccc(O)cc3)OC(CO)C2OC(=O)C=Cc2ccc(O)cc2)C(O)C(O)C1OC1OC(C)C(OC2OCC(O)(CO)C2O)C(O)C1O. The molecule has 74 heavy (non-hydrogen) atoms. The number of aliphatic hydroxyl groups excluding tert-OH is 11. The summed E-state index contributed by atoms with van der Waals surface area (Å²) in [4.78, 5) is 26.5. The maximum Gasteiger partial charge on any atom is 0.331 e. The number of aliphatic hydroxyl groups is 12. The Balaban J connectivity index is 1.10. The number of phenolic OH excluding ortho intramolecular Hbond substituents is 2. The molecule has 0 bridgehead atoms. The van der Waals surface area contributed by atoms with Crippen molar-refractivity contribution >= 4 is 24.1 Å². The van der Waals surface area contributed by atoms with Gasteiger partial charge >= 0.3 is 11.9 Å². The zero-order valence-electron chi connectivity index (χ0n) is 39.6. The molecule has 0 aromatic heterocycles. The number of benzene rings is 2. The van der Waals surface area contributed by atoms with Crippen molar-refractivity contribution in [1.82, 2.24) is 0 Å². The van der Waals surface area contributed by atoms with E-state index in [9.17, 15) is 81.1 Å². The number of hydrogen-bond donors (Lipinski definition) is 14. The Morgan fingerprint density at radius 2 is 1.07 bits per heavy atom. The lowest BCUT2D eigenvalue weighted by Crippen LogP contribution is -2.67. The lowest BCUT2D eigenvalue weighted by molar-refractivity contribution is -0.402. The first-order valence-corrected chi connectivity index (χ1v) is 23.3. The van der Waals surface area contributed by atoms with Crippen LogP contribution in [0.2, 0.25) is 0 Å². The van der Waals surface area contributed by atoms with Crippen molar-refractivity contribution in [2.24, 2.45) is 0 Å². The monoisotopic (exact) mass is 1060 g/mol. The third-order valence-electron chi connectivity index (χ3n) is 13.1. The maximum atomic E-state index is 13.4. The summed E-state index contributed by atoms with van der Waals surface area (Å²) in [6.45, 7) is -1.86. The van der Waals surface area contributed by atoms with E-state index in [1.165, 1.54) is 74.5 Å². The molecule has 0 amide bonds. The van der Waals surface area contributed by atoms with Gasteiger partial charge in [-0.3, -0.25) is 0 Å². The van der Waals surface area contributed by atoms with Gasteiger partial charge in [-0.1, -0.05) is 24.3 Å². The van der Waals surface area contributed by atoms with Gasteiger partial charge in [-0.15, -0.1) is 0 Å². The highest BCUT2D eigenvalue weighted by molar-refractivity contribution is 5.87. The fraction of sp³-hybridized carbons (Fsp3) is 0.617. The van der Waals surface area contributed by atoms with Crippen LogP contribution in [0.4, 0.5) is 0 Å². The molecule has 2 aromatic rings. The number of esters is 2. The summed E-state index contributed by atoms with van der Waals surface area (Å²) >= 11 is 0. The predicted molar refractivity (Wildman–Crippen MR) is 240 cm³/mol. The molecule has 14 N–H and O–H groups in total. The molecule has 0 radical (unpaired) electrons. The van der Waals surface area contributed by atoms with Gasteiger partial charge in [-0.05, 0) is 61.4 Å². The summed E-state index contributed by atoms with van der Waals surface area (Å²) in [6.07, 6.45) is -31.3. The number of carbonyl (C=O) groups excluding carboxylic acids is 2. The Labute approximate surface area is 421 Å². The quantitative estimate of drug-likeness (QED) is 0.0490. The van der Waals surface area contributed by atoms with E-state index in [4.69, 9.17) is 52.1 Å². The Bertz CT molecular complexity index is 2220. The number of carbonyl (C=O) groups is 2. The molecule has 27 heteroatoms. The average molecular weight is 1060 g/mol. The zero-order valence-corrected chi connectivity index (χ0v) is 39.6. The zero-order chi connectivity index (χ0) is 53.8. The molecule has 22 unspecified atom stereocenters. The first-order valence-electron chi connectivity index (χ1n) is 23.3. The van der Waals surface area contributed by atoms with Gasteiger partial charge < -0.3 is 124 Å². The summed E-state index contributed by atoms with van der Waals surface area (Å²) in [5.74, 6) is -5.00. The summed E-state index contributed by atoms with van der Waals surface area (Å²) in [7, 11) is 0. The molecule has 5 fully saturated rings. The van der Waals surface area contributed by atoms with Crippen LogP contribution in [-0.2, 0) is 61.7 Å². The highest BCUT2D eigenvalue weighted by Gasteiger charge is 2.62. The predicted octanol–water partition coefficient (Wildman–Crippen LogP) is -5.29. The van der Waals surface area contributed by atoms with Crippen LogP contribution in [0.25, 0.3) is 12.2 Å². The van der Waals surface area contributed by atoms with Crippen molar-refractivity contribution in [2.45, 2.75) is 148 Å². The van der Waals surface area contributed by atoms with E-state index < -0.39 is 179 Å². The van der Waals surface area contributed by atoms with Gasteiger partial charge in [0, 0.05) is 12.2 Å². The Hall–Kier alpha value is -4.38. The lowest BCUT2D eigenvalue weighted by Gasteiger charge is -2.49. The van der Waals surface area contributed by atoms with Crippen LogP contribution < -0.4 is 0 Å². The van der Waals surface area contributed by atoms with Crippen LogP contribution in [0, 0.1) is 0 Å². The second-order valence-electron chi connectivity index (χ2n) is 18.3. The third-order valence-corrected chi connectivity index (χ3v) is 13.1. The molecule has 5 aliphatic heterocycles. The number of hydrogen-bond acceptors (Lipinski definition) is 27. The van der Waals surface area contributed by atoms with Crippen LogP contribution in [0.3, 0.4) is 0 Å². The first kappa shape index (κ1) is 57.3. The summed E-state index contributed by atoms with van der Waals surface area (Å²) in [5.41, 5.74) is -1.20. The molecule has 5 heterocycles. The highest BCUT2D eigenvalue weighted by atomic mass is 16.8. The molecule has 22 atom stereocenters. The minimum absolute atomic E-state index is 0.0487. The number of rotatable bonds is 18. The number of ether oxygens (including phenoxy) is 11. The highest BCUT2D eigenvalue weighted by Crippen LogP contribution is 2.40. The molecule has 7 rings (SSSR count). The fourth-order valence-corrected chi connectivity index (χ4v) is 8.87. The summed E-state index contributed by atoms with van der Waals surface area (Å²) in [5, 5.41) is 150. The average Bonchev–Trinajstić information content (AvgIpc) is 3.82. The van der Waals surface area contributed by atoms with Crippen LogP contribution in [-0.4, -0.2) is 251 Å². The van der Waals surface area contributed by atoms with E-state index in [1.807, 2.05) is 0 Å². The van der Waals surface area contributed by atoms with E-state index in [0.29, 0.717) is 11.1 Å². The second-order valence-corrected chi connectivity index (χ2v) is 18.3. The molecular weight excluding hydrogens is 996 g/mol. The molecule has 5 saturated heterocycles. The van der Waals surface area contributed by atoms with Crippen molar-refractivity contribution in [3.63, 3.8) is 0 Å². The van der Waals surface area contributed by atoms with Crippen LogP contribution in [0.1, 0.15) is 25.0 Å². The van der Waals surface area contributed by atoms with E-state index in [0.717, 1.165) is 12.2 Å². The number of phenols is 2. The van der Waals surface area contributed by atoms with Gasteiger partial charge in [0.1, 0.15) is 97.0 Å². The fourth-order valence-electron chi connectivity index (χ4n) is 8.87. The van der Waals surface area contributed by atoms with Crippen molar-refractivity contribution in [2.75, 3.05) is 33.0 Å². The molecule has 27 nitrogen and oxygen atoms in total. The lowest BCUT2D eigenvalue weighted by atomic mass is 9.96. The Morgan fingerprint density at radius 1 is 0.581 bits per heavy atom. The number of aromatic hydroxyl groups is 2. The normalized spacial score (nSPS) is 41.7. The van der Waals surface area contributed by atoms with Gasteiger partial charge in [-0.25, -0.2) is 9.59 Å². The molecule has 412 valence electrons. The van der Waals surface area contributed by atoms with Crippen molar-refractivity contribution in [1.29, 1.82) is 0 Å². The summed E-state index contributed by atoms with van der Waals surface area (Å²) in [6, 6.07) is 11.3. The van der Waals surface area contributed by atoms with Gasteiger partial charge in [0.25, 0.3) is 0 Å². The van der Waals surface area contributed by atoms with Crippen molar-refractivity contribution in [3.8, 4) is 11.5 Å². The Morgan fingerprint density at radius 3 is 1.54 bits per heavy atom. The van der Waals surface area contributed by atoms with E-state index in [2.05, 4.69) is 0 Å². The minimum Gasteiger partial charge on any atom is -0.508 e. The van der Waals surface area contributed by atoms with Gasteiger partial charge in [0.15, 0.2) is 37.4 Å². The molecule has 0 aliphatic carbocycles. The van der Waals surface area contributed by atoms with Gasteiger partial charge in [-0.2, -0.15) is 0 Å². The van der Waals surface area contributed by atoms with E-state index >= 15 is 0 Å². The van der Waals surface area contributed by atoms with Crippen molar-refractivity contribution < 1.29 is 133 Å². The van der Waals surface area contributed by atoms with Crippen LogP contribution in [0.15, 0.2) is 60.7 Å². The summed E-state index contributed by atoms with van der Waals surface area (Å²) < 4.78 is 63.2. The smallest absolute Gasteiger partial charge is 0.331 e. The molecule has 5 aliphatic rings. The minimum atomic E-state index is -2.66. The molecular formula is C47H62O27. The van der Waals surface area contributed by atoms with Crippen LogP contribution >= 0.6 is 0 Å². The van der Waals surface area contributed by atoms with Gasteiger partial charge in [0.05, 0.1) is 38.6 Å². The largest absolute Gasteiger partial charge is 0.508 e. The molecule has 0 saturated carbocycles. The van der Waals surface area contributed by atoms with Crippen molar-refractivity contribution in [3.05, 3.63) is 71.8 Å². The van der Waals surface area contributed by atoms with Crippen LogP contribution in [0.5, 0.6) is 11.5 Å². The Kier molecular flexibility index (Phi) is 18.8. The van der Waals surface area contributed by atoms with E-state index in [-0.39, 0.29) is 11.5 Å². The topological polar surface area (TPSA) is 419 Å². The molecule has 2 aromatic carbocycles. The third kappa shape index (κ3) is 12.4. The first-order chi connectivity index (χ1) is 35.2. The maximum absolute atomic E-state index is 13.4. The second kappa shape index (κ2) is 24.3. The standard InChI is InChI=1S/C47H62O27/c1-20-36(70-42-33(59)32(58)37(21(2)65-42)71-45-40(62)46(63,17-50)19-64-45)31(57)34(60)43(66-20)72-39-35(61)44(67-27(16-49)38(39)68-28(54)13-7-22-3-9-24(52)10-4-22)74-47(18-51)41(30(56)26(15-48)73-47)69-29(55)14-8-23-5-11-25(53)12-6-23/h3-14,20-21,26-27,30-45,48-53,56-63H,15-19H2,1-2H3. The van der Waals surface area contributed by atoms with Gasteiger partial charge in [0.2, 0.25) is 5.79 Å². The van der Waals surface area contributed by atoms with E-state index in [1.54, 1.807) is 0 Å². The molecule has 0 spiro atoms.